The zero-order chi connectivity index (χ0) is 51.2. The highest BCUT2D eigenvalue weighted by molar-refractivity contribution is 9.08. The van der Waals surface area contributed by atoms with Crippen LogP contribution in [0.3, 0.4) is 0 Å². The number of hydrogen-bond donors (Lipinski definition) is 4. The molecule has 0 fully saturated rings. The number of carbonyl (C=O) groups excluding carboxylic acids is 3. The first-order valence-electron chi connectivity index (χ1n) is 23.3. The van der Waals surface area contributed by atoms with Gasteiger partial charge in [0.2, 0.25) is 0 Å². The summed E-state index contributed by atoms with van der Waals surface area (Å²) in [5, 5.41) is 25.2. The quantitative estimate of drug-likeness (QED) is 0.0552. The number of amides is 2. The van der Waals surface area contributed by atoms with E-state index >= 15 is 0 Å². The van der Waals surface area contributed by atoms with Gasteiger partial charge in [-0.05, 0) is 107 Å². The van der Waals surface area contributed by atoms with Crippen molar-refractivity contribution in [1.82, 2.24) is 10.6 Å². The molecule has 4 N–H and O–H groups in total. The second-order valence-electron chi connectivity index (χ2n) is 16.9. The number of nitrogens with one attached hydrogen (secondary N) is 2. The van der Waals surface area contributed by atoms with Gasteiger partial charge in [-0.2, -0.15) is 0 Å². The Hall–Kier alpha value is -8.28. The summed E-state index contributed by atoms with van der Waals surface area (Å²) >= 11 is 3.39. The normalized spacial score (nSPS) is 11.2. The van der Waals surface area contributed by atoms with Crippen molar-refractivity contribution in [2.75, 3.05) is 7.11 Å². The van der Waals surface area contributed by atoms with Crippen molar-refractivity contribution in [2.45, 2.75) is 50.7 Å². The van der Waals surface area contributed by atoms with Crippen LogP contribution in [0, 0.1) is 13.8 Å². The number of rotatable bonds is 16. The van der Waals surface area contributed by atoms with E-state index in [-0.39, 0.29) is 18.1 Å². The highest BCUT2D eigenvalue weighted by atomic mass is 79.9. The number of phenols is 1. The van der Waals surface area contributed by atoms with E-state index in [0.29, 0.717) is 24.2 Å². The molecule has 8 rings (SSSR count). The lowest BCUT2D eigenvalue weighted by molar-refractivity contribution is -0.143. The molecule has 2 atom stereocenters. The van der Waals surface area contributed by atoms with E-state index < -0.39 is 29.9 Å². The number of phenolic OH excluding ortho intramolecular Hbond substituents is 1. The minimum Gasteiger partial charge on any atom is -0.508 e. The van der Waals surface area contributed by atoms with Gasteiger partial charge in [0.05, 0.1) is 7.11 Å². The number of aliphatic carboxylic acids is 1. The summed E-state index contributed by atoms with van der Waals surface area (Å²) < 4.78 is 10.7. The smallest absolute Gasteiger partial charge is 0.328 e. The molecular formula is C61H57BrN2O8. The number of benzene rings is 8. The lowest BCUT2D eigenvalue weighted by Gasteiger charge is -2.17. The Morgan fingerprint density at radius 3 is 1.33 bits per heavy atom. The Labute approximate surface area is 429 Å². The van der Waals surface area contributed by atoms with E-state index in [9.17, 15) is 29.4 Å². The maximum absolute atomic E-state index is 12.7. The monoisotopic (exact) mass is 1020 g/mol. The van der Waals surface area contributed by atoms with Crippen molar-refractivity contribution in [3.8, 4) is 33.8 Å². The Morgan fingerprint density at radius 2 is 0.903 bits per heavy atom. The van der Waals surface area contributed by atoms with E-state index in [0.717, 1.165) is 50.0 Å². The molecule has 0 aliphatic rings. The number of esters is 1. The lowest BCUT2D eigenvalue weighted by atomic mass is 10.0. The first-order chi connectivity index (χ1) is 34.9. The molecule has 2 unspecified atom stereocenters. The van der Waals surface area contributed by atoms with Gasteiger partial charge in [-0.25, -0.2) is 9.59 Å². The molecule has 0 saturated heterocycles. The summed E-state index contributed by atoms with van der Waals surface area (Å²) in [4.78, 5) is 49.0. The third-order valence-electron chi connectivity index (χ3n) is 11.4. The summed E-state index contributed by atoms with van der Waals surface area (Å²) in [6, 6.07) is 62.4. The summed E-state index contributed by atoms with van der Waals surface area (Å²) in [6.07, 6.45) is 0.573. The summed E-state index contributed by atoms with van der Waals surface area (Å²) in [5.74, 6) is -1.33. The van der Waals surface area contributed by atoms with E-state index in [1.54, 1.807) is 48.5 Å². The van der Waals surface area contributed by atoms with Crippen LogP contribution in [0.2, 0.25) is 0 Å². The molecule has 10 nitrogen and oxygen atoms in total. The van der Waals surface area contributed by atoms with Crippen LogP contribution in [-0.4, -0.2) is 53.2 Å². The van der Waals surface area contributed by atoms with Gasteiger partial charge in [-0.15, -0.1) is 0 Å². The van der Waals surface area contributed by atoms with Gasteiger partial charge in [0.25, 0.3) is 11.8 Å². The van der Waals surface area contributed by atoms with E-state index in [1.807, 2.05) is 121 Å². The number of aromatic hydroxyl groups is 1. The summed E-state index contributed by atoms with van der Waals surface area (Å²) in [5.41, 5.74) is 11.4. The first kappa shape index (κ1) is 53.1. The Morgan fingerprint density at radius 1 is 0.500 bits per heavy atom. The molecule has 0 spiro atoms. The molecule has 0 radical (unpaired) electrons. The summed E-state index contributed by atoms with van der Waals surface area (Å²) in [7, 11) is 1.30. The predicted octanol–water partition coefficient (Wildman–Crippen LogP) is 12.1. The number of carbonyl (C=O) groups is 4. The van der Waals surface area contributed by atoms with Gasteiger partial charge in [0.15, 0.2) is 0 Å². The fourth-order valence-corrected chi connectivity index (χ4v) is 7.86. The Balaban J connectivity index is 0.000000204. The van der Waals surface area contributed by atoms with Crippen molar-refractivity contribution in [3.63, 3.8) is 0 Å². The third-order valence-corrected chi connectivity index (χ3v) is 12.0. The molecule has 0 aromatic heterocycles. The highest BCUT2D eigenvalue weighted by Crippen LogP contribution is 2.25. The van der Waals surface area contributed by atoms with Gasteiger partial charge in [0, 0.05) is 29.3 Å². The van der Waals surface area contributed by atoms with Gasteiger partial charge in [0.1, 0.15) is 30.2 Å². The van der Waals surface area contributed by atoms with Gasteiger partial charge in [-0.3, -0.25) is 9.59 Å². The number of aryl methyl sites for hydroxylation is 2. The molecule has 8 aromatic carbocycles. The molecule has 0 bridgehead atoms. The van der Waals surface area contributed by atoms with Gasteiger partial charge >= 0.3 is 11.9 Å². The maximum atomic E-state index is 12.7. The number of ether oxygens (including phenoxy) is 2. The zero-order valence-electron chi connectivity index (χ0n) is 40.3. The van der Waals surface area contributed by atoms with Crippen LogP contribution in [0.5, 0.6) is 11.5 Å². The average molecular weight is 1030 g/mol. The number of hydrogen-bond acceptors (Lipinski definition) is 7. The molecule has 11 heteroatoms. The molecule has 0 aliphatic heterocycles. The van der Waals surface area contributed by atoms with Crippen LogP contribution in [-0.2, 0) is 39.1 Å². The maximum Gasteiger partial charge on any atom is 0.328 e. The van der Waals surface area contributed by atoms with E-state index in [1.165, 1.54) is 23.8 Å². The SMILES string of the molecule is COC(=O)C(Cc1ccccc1)NC(=O)c1ccc(-c2ccc(O)cc2)cc1.Cc1cccc(CBr)c1.Cc1cccc(COc2ccc(-c3ccc(C(=O)NC(Cc4ccccc4)C(=O)O)cc3)cc2)c1. The minimum absolute atomic E-state index is 0.201. The van der Waals surface area contributed by atoms with Crippen LogP contribution >= 0.6 is 15.9 Å². The lowest BCUT2D eigenvalue weighted by Crippen LogP contribution is -2.43. The average Bonchev–Trinajstić information content (AvgIpc) is 3.41. The van der Waals surface area contributed by atoms with Crippen LogP contribution in [0.25, 0.3) is 22.3 Å². The van der Waals surface area contributed by atoms with Gasteiger partial charge < -0.3 is 30.3 Å². The van der Waals surface area contributed by atoms with E-state index in [2.05, 4.69) is 76.8 Å². The van der Waals surface area contributed by atoms with Crippen molar-refractivity contribution < 1.29 is 38.9 Å². The number of carboxylic acid groups (broad SMARTS) is 1. The number of alkyl halides is 1. The standard InChI is InChI=1S/C30H27NO4.C23H21NO4.C8H9Br/c1-21-6-5-9-23(18-21)20-35-27-16-14-25(15-17-27)24-10-12-26(13-11-24)29(32)31-28(30(33)34)19-22-7-3-2-4-8-22;1-28-23(27)21(15-16-5-3-2-4-6-16)24-22(26)19-9-7-17(8-10-19)18-11-13-20(25)14-12-18;1-7-3-2-4-8(5-7)6-9/h2-18,28H,19-20H2,1H3,(H,31,32)(H,33,34);2-14,21,25H,15H2,1H3,(H,24,26);2-5H,6H2,1H3. The highest BCUT2D eigenvalue weighted by Gasteiger charge is 2.23. The summed E-state index contributed by atoms with van der Waals surface area (Å²) in [6.45, 7) is 4.67. The fraction of sp³-hybridized carbons (Fsp3) is 0.148. The molecule has 2 amide bonds. The van der Waals surface area contributed by atoms with Crippen LogP contribution in [0.4, 0.5) is 0 Å². The van der Waals surface area contributed by atoms with Crippen molar-refractivity contribution in [3.05, 3.63) is 251 Å². The second-order valence-corrected chi connectivity index (χ2v) is 17.5. The van der Waals surface area contributed by atoms with Crippen molar-refractivity contribution in [1.29, 1.82) is 0 Å². The topological polar surface area (TPSA) is 151 Å². The largest absolute Gasteiger partial charge is 0.508 e. The van der Waals surface area contributed by atoms with Gasteiger partial charge in [-0.1, -0.05) is 185 Å². The molecule has 8 aromatic rings. The molecule has 0 heterocycles. The second kappa shape index (κ2) is 27.2. The van der Waals surface area contributed by atoms with E-state index in [4.69, 9.17) is 9.47 Å². The molecule has 72 heavy (non-hydrogen) atoms. The van der Waals surface area contributed by atoms with Crippen molar-refractivity contribution in [2.24, 2.45) is 0 Å². The number of methoxy groups -OCH3 is 1. The van der Waals surface area contributed by atoms with Crippen molar-refractivity contribution >= 4 is 39.7 Å². The molecule has 366 valence electrons. The zero-order valence-corrected chi connectivity index (χ0v) is 41.9. The Bertz CT molecular complexity index is 2980. The minimum atomic E-state index is -1.07. The number of halogens is 1. The number of carboxylic acids is 1. The molecular weight excluding hydrogens is 969 g/mol. The van der Waals surface area contributed by atoms with Crippen LogP contribution in [0.1, 0.15) is 54.1 Å². The van der Waals surface area contributed by atoms with Crippen LogP contribution in [0.15, 0.2) is 206 Å². The predicted molar refractivity (Wildman–Crippen MR) is 287 cm³/mol. The van der Waals surface area contributed by atoms with Crippen LogP contribution < -0.4 is 15.4 Å². The Kier molecular flexibility index (Phi) is 20.1. The first-order valence-corrected chi connectivity index (χ1v) is 24.4. The fourth-order valence-electron chi connectivity index (χ4n) is 7.51. The third kappa shape index (κ3) is 16.7. The molecule has 0 saturated carbocycles. The molecule has 0 aliphatic carbocycles.